The number of hydrogen-bond acceptors (Lipinski definition) is 3. The minimum atomic E-state index is -0.0700. The monoisotopic (exact) mass is 436 g/mol. The minimum absolute atomic E-state index is 0.0700. The van der Waals surface area contributed by atoms with Gasteiger partial charge in [0.05, 0.1) is 22.8 Å². The van der Waals surface area contributed by atoms with Crippen LogP contribution in [0, 0.1) is 0 Å². The van der Waals surface area contributed by atoms with Crippen LogP contribution < -0.4 is 5.30 Å². The standard InChI is InChI=1S/C20H14N4.C6H7OP/c1-2-14-10-16-5-6-18(23-16)12-20-8-7-19(24-20)11-17-4-3-15(22-17)9-13(1)21-14;7-8-6-4-2-1-3-5-6/h1-12,21-22H;1-5,7-8H. The molecule has 156 valence electrons. The second-order valence-corrected chi connectivity index (χ2v) is 8.18. The van der Waals surface area contributed by atoms with E-state index in [1.54, 1.807) is 0 Å². The van der Waals surface area contributed by atoms with Crippen molar-refractivity contribution in [2.24, 2.45) is 0 Å². The van der Waals surface area contributed by atoms with Crippen LogP contribution in [0.4, 0.5) is 0 Å². The normalized spacial score (nSPS) is 12.2. The number of fused-ring (bicyclic) bond motifs is 8. The van der Waals surface area contributed by atoms with E-state index in [4.69, 9.17) is 4.89 Å². The van der Waals surface area contributed by atoms with Gasteiger partial charge in [-0.15, -0.1) is 0 Å². The Morgan fingerprint density at radius 1 is 0.531 bits per heavy atom. The Hall–Kier alpha value is -3.79. The molecule has 1 aromatic carbocycles. The van der Waals surface area contributed by atoms with Gasteiger partial charge < -0.3 is 14.9 Å². The van der Waals surface area contributed by atoms with E-state index in [9.17, 15) is 0 Å². The van der Waals surface area contributed by atoms with Crippen LogP contribution in [-0.4, -0.2) is 24.8 Å². The van der Waals surface area contributed by atoms with Gasteiger partial charge in [0.1, 0.15) is 0 Å². The van der Waals surface area contributed by atoms with E-state index in [1.807, 2.05) is 72.8 Å². The summed E-state index contributed by atoms with van der Waals surface area (Å²) in [7, 11) is -0.0700. The molecule has 4 aromatic rings. The molecule has 5 heterocycles. The van der Waals surface area contributed by atoms with Crippen molar-refractivity contribution >= 4 is 60.5 Å². The van der Waals surface area contributed by atoms with Crippen LogP contribution in [0.5, 0.6) is 0 Å². The average Bonchev–Trinajstić information content (AvgIpc) is 3.61. The third-order valence-electron chi connectivity index (χ3n) is 4.94. The summed E-state index contributed by atoms with van der Waals surface area (Å²) in [6.45, 7) is 0. The van der Waals surface area contributed by atoms with Crippen molar-refractivity contribution in [3.63, 3.8) is 0 Å². The molecule has 1 atom stereocenters. The highest BCUT2D eigenvalue weighted by molar-refractivity contribution is 7.40. The highest BCUT2D eigenvalue weighted by atomic mass is 31.1. The first-order valence-corrected chi connectivity index (χ1v) is 11.2. The zero-order valence-electron chi connectivity index (χ0n) is 17.2. The molecule has 6 rings (SSSR count). The Morgan fingerprint density at radius 2 is 0.969 bits per heavy atom. The summed E-state index contributed by atoms with van der Waals surface area (Å²) in [6, 6.07) is 26.0. The predicted molar refractivity (Wildman–Crippen MR) is 135 cm³/mol. The third kappa shape index (κ3) is 4.92. The summed E-state index contributed by atoms with van der Waals surface area (Å²) >= 11 is 0. The van der Waals surface area contributed by atoms with Gasteiger partial charge in [-0.3, -0.25) is 0 Å². The molecule has 0 spiro atoms. The predicted octanol–water partition coefficient (Wildman–Crippen LogP) is 5.55. The van der Waals surface area contributed by atoms with E-state index in [1.165, 1.54) is 0 Å². The molecule has 3 N–H and O–H groups in total. The Labute approximate surface area is 187 Å². The van der Waals surface area contributed by atoms with E-state index >= 15 is 0 Å². The van der Waals surface area contributed by atoms with Crippen LogP contribution in [0.1, 0.15) is 22.8 Å². The molecule has 0 saturated carbocycles. The molecular formula is C26H21N4OP. The summed E-state index contributed by atoms with van der Waals surface area (Å²) in [6.07, 6.45) is 8.05. The summed E-state index contributed by atoms with van der Waals surface area (Å²) in [5.74, 6) is 0. The second kappa shape index (κ2) is 9.15. The van der Waals surface area contributed by atoms with E-state index < -0.39 is 0 Å². The van der Waals surface area contributed by atoms with Gasteiger partial charge in [0.25, 0.3) is 0 Å². The summed E-state index contributed by atoms with van der Waals surface area (Å²) < 4.78 is 0. The fraction of sp³-hybridized carbons (Fsp3) is 0. The molecule has 8 bridgehead atoms. The Kier molecular flexibility index (Phi) is 5.75. The van der Waals surface area contributed by atoms with E-state index in [0.29, 0.717) is 0 Å². The number of hydrogen-bond donors (Lipinski definition) is 3. The molecule has 0 saturated heterocycles. The quantitative estimate of drug-likeness (QED) is 0.296. The highest BCUT2D eigenvalue weighted by Gasteiger charge is 2.02. The number of H-pyrrole nitrogens is 2. The van der Waals surface area contributed by atoms with E-state index in [-0.39, 0.29) is 8.81 Å². The van der Waals surface area contributed by atoms with Gasteiger partial charge in [0.15, 0.2) is 0 Å². The molecule has 5 nitrogen and oxygen atoms in total. The molecule has 0 radical (unpaired) electrons. The van der Waals surface area contributed by atoms with Gasteiger partial charge in [-0.25, -0.2) is 9.97 Å². The fourth-order valence-corrected chi connectivity index (χ4v) is 3.80. The SMILES string of the molecule is C1=Cc2cc3ccc(cc4ccc(cc5nc(cc1n2)C=C5)[nH]4)[nH]3.OPc1ccccc1. The lowest BCUT2D eigenvalue weighted by molar-refractivity contribution is 0.655. The van der Waals surface area contributed by atoms with Gasteiger partial charge >= 0.3 is 0 Å². The maximum Gasteiger partial charge on any atom is 0.0659 e. The molecule has 0 fully saturated rings. The molecule has 2 aliphatic heterocycles. The number of aromatic nitrogens is 4. The molecule has 0 aliphatic carbocycles. The van der Waals surface area contributed by atoms with Crippen molar-refractivity contribution in [1.82, 2.24) is 19.9 Å². The molecule has 3 aromatic heterocycles. The maximum absolute atomic E-state index is 8.57. The van der Waals surface area contributed by atoms with Crippen LogP contribution in [0.2, 0.25) is 0 Å². The Balaban J connectivity index is 0.000000230. The first-order valence-electron chi connectivity index (χ1n) is 10.2. The zero-order valence-corrected chi connectivity index (χ0v) is 18.2. The van der Waals surface area contributed by atoms with Crippen molar-refractivity contribution < 1.29 is 4.89 Å². The largest absolute Gasteiger partial charge is 0.372 e. The number of aromatic amines is 2. The van der Waals surface area contributed by atoms with Crippen LogP contribution >= 0.6 is 8.81 Å². The summed E-state index contributed by atoms with van der Waals surface area (Å²) in [4.78, 5) is 24.6. The lowest BCUT2D eigenvalue weighted by Crippen LogP contribution is -1.88. The number of rotatable bonds is 1. The number of benzene rings is 1. The van der Waals surface area contributed by atoms with E-state index in [2.05, 4.69) is 50.3 Å². The van der Waals surface area contributed by atoms with Crippen molar-refractivity contribution in [2.75, 3.05) is 0 Å². The highest BCUT2D eigenvalue weighted by Crippen LogP contribution is 2.17. The average molecular weight is 436 g/mol. The Bertz CT molecular complexity index is 1380. The Morgan fingerprint density at radius 3 is 1.41 bits per heavy atom. The molecule has 1 unspecified atom stereocenters. The maximum atomic E-state index is 8.57. The van der Waals surface area contributed by atoms with Crippen molar-refractivity contribution in [3.8, 4) is 0 Å². The molecule has 2 aliphatic rings. The van der Waals surface area contributed by atoms with Gasteiger partial charge in [-0.1, -0.05) is 30.3 Å². The van der Waals surface area contributed by atoms with Gasteiger partial charge in [-0.05, 0) is 78.1 Å². The fourth-order valence-electron chi connectivity index (χ4n) is 3.46. The van der Waals surface area contributed by atoms with Crippen LogP contribution in [0.25, 0.3) is 46.4 Å². The third-order valence-corrected chi connectivity index (χ3v) is 5.54. The molecule has 6 heteroatoms. The van der Waals surface area contributed by atoms with Gasteiger partial charge in [0.2, 0.25) is 0 Å². The van der Waals surface area contributed by atoms with Crippen molar-refractivity contribution in [2.45, 2.75) is 0 Å². The second-order valence-electron chi connectivity index (χ2n) is 7.38. The van der Waals surface area contributed by atoms with Gasteiger partial charge in [-0.2, -0.15) is 0 Å². The zero-order chi connectivity index (χ0) is 21.8. The lowest BCUT2D eigenvalue weighted by Gasteiger charge is -1.88. The van der Waals surface area contributed by atoms with Crippen LogP contribution in [0.3, 0.4) is 0 Å². The summed E-state index contributed by atoms with van der Waals surface area (Å²) in [5.41, 5.74) is 7.86. The number of nitrogens with one attached hydrogen (secondary N) is 2. The van der Waals surface area contributed by atoms with Crippen LogP contribution in [-0.2, 0) is 0 Å². The van der Waals surface area contributed by atoms with Crippen molar-refractivity contribution in [3.05, 3.63) is 102 Å². The topological polar surface area (TPSA) is 77.6 Å². The number of nitrogens with zero attached hydrogens (tertiary/aromatic N) is 2. The first-order chi connectivity index (χ1) is 15.7. The van der Waals surface area contributed by atoms with Crippen LogP contribution in [0.15, 0.2) is 78.9 Å². The molecule has 0 amide bonds. The molecular weight excluding hydrogens is 415 g/mol. The minimum Gasteiger partial charge on any atom is -0.372 e. The molecule has 32 heavy (non-hydrogen) atoms. The van der Waals surface area contributed by atoms with Crippen molar-refractivity contribution in [1.29, 1.82) is 0 Å². The smallest absolute Gasteiger partial charge is 0.0659 e. The van der Waals surface area contributed by atoms with E-state index in [0.717, 1.165) is 50.1 Å². The summed E-state index contributed by atoms with van der Waals surface area (Å²) in [5, 5.41) is 0.993. The first kappa shape index (κ1) is 20.1. The van der Waals surface area contributed by atoms with Gasteiger partial charge in [0, 0.05) is 30.9 Å². The lowest BCUT2D eigenvalue weighted by atomic mass is 10.3.